The van der Waals surface area contributed by atoms with Crippen LogP contribution >= 0.6 is 0 Å². The van der Waals surface area contributed by atoms with Crippen LogP contribution in [0, 0.1) is 0 Å². The Morgan fingerprint density at radius 1 is 0.674 bits per heavy atom. The number of hydrogen-bond acceptors (Lipinski definition) is 4. The first-order valence-electron chi connectivity index (χ1n) is 16.5. The summed E-state index contributed by atoms with van der Waals surface area (Å²) in [5, 5.41) is 7.16. The molecule has 3 aromatic carbocycles. The van der Waals surface area contributed by atoms with Gasteiger partial charge in [0.25, 0.3) is 0 Å². The number of nitrogens with one attached hydrogen (secondary N) is 4. The molecule has 6 heteroatoms. The molecule has 2 aliphatic carbocycles. The third-order valence-corrected chi connectivity index (χ3v) is 11.0. The molecule has 2 atom stereocenters. The molecule has 5 aromatic rings. The van der Waals surface area contributed by atoms with E-state index in [2.05, 4.69) is 81.4 Å². The zero-order chi connectivity index (χ0) is 28.4. The van der Waals surface area contributed by atoms with Crippen molar-refractivity contribution >= 4 is 11.0 Å². The molecule has 0 radical (unpaired) electrons. The van der Waals surface area contributed by atoms with Gasteiger partial charge < -0.3 is 20.6 Å². The Morgan fingerprint density at radius 3 is 2.16 bits per heavy atom. The lowest BCUT2D eigenvalue weighted by molar-refractivity contribution is 0.440. The van der Waals surface area contributed by atoms with Crippen LogP contribution in [0.3, 0.4) is 0 Å². The highest BCUT2D eigenvalue weighted by Gasteiger charge is 2.43. The van der Waals surface area contributed by atoms with Crippen LogP contribution in [0.5, 0.6) is 0 Å². The fourth-order valence-corrected chi connectivity index (χ4v) is 8.75. The van der Waals surface area contributed by atoms with Gasteiger partial charge in [0.05, 0.1) is 35.0 Å². The summed E-state index contributed by atoms with van der Waals surface area (Å²) in [5.74, 6) is 2.16. The van der Waals surface area contributed by atoms with Crippen LogP contribution in [0.4, 0.5) is 0 Å². The second-order valence-corrected chi connectivity index (χ2v) is 13.4. The summed E-state index contributed by atoms with van der Waals surface area (Å²) in [6.45, 7) is 2.16. The Hall–Kier alpha value is -3.74. The average Bonchev–Trinajstić information content (AvgIpc) is 3.88. The van der Waals surface area contributed by atoms with Crippen molar-refractivity contribution in [2.24, 2.45) is 0 Å². The van der Waals surface area contributed by atoms with E-state index in [0.29, 0.717) is 17.5 Å². The van der Waals surface area contributed by atoms with Crippen LogP contribution in [-0.2, 0) is 11.8 Å². The van der Waals surface area contributed by atoms with E-state index in [-0.39, 0.29) is 0 Å². The van der Waals surface area contributed by atoms with Crippen LogP contribution < -0.4 is 10.6 Å². The average molecular weight is 569 g/mol. The highest BCUT2D eigenvalue weighted by atomic mass is 15.0. The molecule has 4 heterocycles. The van der Waals surface area contributed by atoms with E-state index in [1.165, 1.54) is 78.5 Å². The molecule has 4 N–H and O–H groups in total. The molecule has 4 aliphatic rings. The molecular formula is C37H40N6. The fraction of sp³-hybridized carbons (Fsp3) is 0.405. The van der Waals surface area contributed by atoms with Gasteiger partial charge >= 0.3 is 0 Å². The number of nitrogens with zero attached hydrogens (tertiary/aromatic N) is 2. The number of benzene rings is 3. The molecule has 2 aliphatic heterocycles. The molecule has 6 nitrogen and oxygen atoms in total. The minimum Gasteiger partial charge on any atom is -0.341 e. The van der Waals surface area contributed by atoms with Gasteiger partial charge in [-0.05, 0) is 115 Å². The number of hydrogen-bond donors (Lipinski definition) is 4. The van der Waals surface area contributed by atoms with Crippen molar-refractivity contribution in [1.29, 1.82) is 0 Å². The van der Waals surface area contributed by atoms with E-state index >= 15 is 0 Å². The van der Waals surface area contributed by atoms with Crippen molar-refractivity contribution in [3.8, 4) is 33.5 Å². The second-order valence-electron chi connectivity index (χ2n) is 13.4. The van der Waals surface area contributed by atoms with E-state index in [4.69, 9.17) is 9.97 Å². The summed E-state index contributed by atoms with van der Waals surface area (Å²) in [6, 6.07) is 21.4. The SMILES string of the molecule is c1cc(-c2ccc(-c3cnc([C@@H]4CCCN4)[nH]3)c3c2C2(CCCC2)CC3)ccc1-c1ccc2nc([C@@H]3CCCN3)[nH]c2c1. The molecular weight excluding hydrogens is 528 g/mol. The predicted molar refractivity (Wildman–Crippen MR) is 173 cm³/mol. The van der Waals surface area contributed by atoms with Crippen LogP contribution in [0.15, 0.2) is 60.8 Å². The number of H-pyrrole nitrogens is 2. The molecule has 0 amide bonds. The number of aromatic amines is 2. The number of imidazole rings is 2. The first-order valence-corrected chi connectivity index (χ1v) is 16.5. The van der Waals surface area contributed by atoms with E-state index in [1.54, 1.807) is 11.1 Å². The fourth-order valence-electron chi connectivity index (χ4n) is 8.75. The molecule has 0 bridgehead atoms. The summed E-state index contributed by atoms with van der Waals surface area (Å²) >= 11 is 0. The summed E-state index contributed by atoms with van der Waals surface area (Å²) in [6.07, 6.45) is 14.6. The van der Waals surface area contributed by atoms with Crippen molar-refractivity contribution in [2.45, 2.75) is 81.7 Å². The molecule has 3 fully saturated rings. The first-order chi connectivity index (χ1) is 21.2. The third kappa shape index (κ3) is 4.29. The van der Waals surface area contributed by atoms with Gasteiger partial charge in [0.2, 0.25) is 0 Å². The highest BCUT2D eigenvalue weighted by molar-refractivity contribution is 5.84. The van der Waals surface area contributed by atoms with Gasteiger partial charge in [0.1, 0.15) is 11.6 Å². The normalized spacial score (nSPS) is 22.7. The molecule has 9 rings (SSSR count). The van der Waals surface area contributed by atoms with Crippen LogP contribution in [0.1, 0.15) is 92.6 Å². The Bertz CT molecular complexity index is 1790. The lowest BCUT2D eigenvalue weighted by atomic mass is 9.76. The monoisotopic (exact) mass is 568 g/mol. The van der Waals surface area contributed by atoms with E-state index < -0.39 is 0 Å². The van der Waals surface area contributed by atoms with Crippen LogP contribution in [-0.4, -0.2) is 33.0 Å². The topological polar surface area (TPSA) is 81.4 Å². The van der Waals surface area contributed by atoms with Crippen molar-refractivity contribution in [2.75, 3.05) is 13.1 Å². The molecule has 1 saturated carbocycles. The lowest BCUT2D eigenvalue weighted by Crippen LogP contribution is -2.19. The Labute approximate surface area is 253 Å². The van der Waals surface area contributed by atoms with Crippen LogP contribution in [0.2, 0.25) is 0 Å². The Balaban J connectivity index is 1.07. The zero-order valence-electron chi connectivity index (χ0n) is 24.8. The maximum Gasteiger partial charge on any atom is 0.124 e. The molecule has 43 heavy (non-hydrogen) atoms. The van der Waals surface area contributed by atoms with Gasteiger partial charge in [0, 0.05) is 5.56 Å². The molecule has 218 valence electrons. The van der Waals surface area contributed by atoms with E-state index in [1.807, 2.05) is 0 Å². The summed E-state index contributed by atoms with van der Waals surface area (Å²) in [5.41, 5.74) is 13.4. The summed E-state index contributed by atoms with van der Waals surface area (Å²) in [7, 11) is 0. The Morgan fingerprint density at radius 2 is 1.40 bits per heavy atom. The van der Waals surface area contributed by atoms with Gasteiger partial charge in [-0.3, -0.25) is 0 Å². The zero-order valence-corrected chi connectivity index (χ0v) is 24.8. The maximum atomic E-state index is 4.87. The van der Waals surface area contributed by atoms with Gasteiger partial charge in [0.15, 0.2) is 0 Å². The van der Waals surface area contributed by atoms with Gasteiger partial charge in [-0.2, -0.15) is 0 Å². The quantitative estimate of drug-likeness (QED) is 0.174. The molecule has 2 aromatic heterocycles. The number of fused-ring (bicyclic) bond motifs is 3. The van der Waals surface area contributed by atoms with Gasteiger partial charge in [-0.25, -0.2) is 9.97 Å². The van der Waals surface area contributed by atoms with Crippen molar-refractivity contribution in [3.63, 3.8) is 0 Å². The van der Waals surface area contributed by atoms with Crippen molar-refractivity contribution in [1.82, 2.24) is 30.6 Å². The van der Waals surface area contributed by atoms with Gasteiger partial charge in [-0.15, -0.1) is 0 Å². The van der Waals surface area contributed by atoms with Crippen LogP contribution in [0.25, 0.3) is 44.5 Å². The lowest BCUT2D eigenvalue weighted by Gasteiger charge is -2.28. The predicted octanol–water partition coefficient (Wildman–Crippen LogP) is 7.89. The van der Waals surface area contributed by atoms with Crippen molar-refractivity contribution in [3.05, 3.63) is 83.6 Å². The minimum absolute atomic E-state index is 0.326. The summed E-state index contributed by atoms with van der Waals surface area (Å²) in [4.78, 5) is 17.0. The summed E-state index contributed by atoms with van der Waals surface area (Å²) < 4.78 is 0. The van der Waals surface area contributed by atoms with E-state index in [0.717, 1.165) is 55.0 Å². The van der Waals surface area contributed by atoms with E-state index in [9.17, 15) is 0 Å². The molecule has 1 spiro atoms. The first kappa shape index (κ1) is 25.7. The standard InChI is InChI=1S/C37H40N6/c1-2-17-37(16-1)18-15-28-27(33-22-40-35(43-33)30-5-3-19-38-30)13-12-26(34(28)37)24-9-7-23(8-10-24)25-11-14-29-32(21-25)42-36(41-29)31-6-4-20-39-31/h7-14,21-22,30-31,38-39H,1-6,15-20H2,(H,40,43)(H,41,42)/t30-,31-/m0/s1. The van der Waals surface area contributed by atoms with Crippen molar-refractivity contribution < 1.29 is 0 Å². The molecule has 0 unspecified atom stereocenters. The Kier molecular flexibility index (Phi) is 6.09. The number of rotatable bonds is 5. The van der Waals surface area contributed by atoms with Gasteiger partial charge in [-0.1, -0.05) is 55.3 Å². The molecule has 2 saturated heterocycles. The smallest absolute Gasteiger partial charge is 0.124 e. The third-order valence-electron chi connectivity index (χ3n) is 11.0. The number of aromatic nitrogens is 4. The minimum atomic E-state index is 0.326. The highest BCUT2D eigenvalue weighted by Crippen LogP contribution is 2.55. The maximum absolute atomic E-state index is 4.87. The second kappa shape index (κ2) is 10.2. The largest absolute Gasteiger partial charge is 0.341 e.